The Morgan fingerprint density at radius 2 is 2.00 bits per heavy atom. The highest BCUT2D eigenvalue weighted by Gasteiger charge is 2.41. The van der Waals surface area contributed by atoms with Crippen LogP contribution in [0.5, 0.6) is 11.5 Å². The molecule has 0 spiro atoms. The molecular weight excluding hydrogens is 489 g/mol. The Kier molecular flexibility index (Phi) is 6.60. The predicted octanol–water partition coefficient (Wildman–Crippen LogP) is 3.85. The third-order valence-corrected chi connectivity index (χ3v) is 6.99. The van der Waals surface area contributed by atoms with Crippen molar-refractivity contribution in [3.63, 3.8) is 0 Å². The second-order valence-electron chi connectivity index (χ2n) is 9.79. The van der Waals surface area contributed by atoms with Gasteiger partial charge in [0.1, 0.15) is 40.5 Å². The second-order valence-corrected chi connectivity index (χ2v) is 9.79. The molecule has 2 aromatic heterocycles. The molecule has 4 N–H and O–H groups in total. The molecule has 0 bridgehead atoms. The van der Waals surface area contributed by atoms with Crippen molar-refractivity contribution in [2.45, 2.75) is 30.9 Å². The minimum absolute atomic E-state index is 0.0246. The number of aromatic nitrogens is 2. The third-order valence-electron chi connectivity index (χ3n) is 6.99. The molecule has 5 rings (SSSR count). The zero-order valence-corrected chi connectivity index (χ0v) is 21.1. The van der Waals surface area contributed by atoms with Crippen molar-refractivity contribution in [2.24, 2.45) is 5.73 Å². The zero-order valence-electron chi connectivity index (χ0n) is 21.1. The molecule has 0 amide bonds. The van der Waals surface area contributed by atoms with Crippen LogP contribution in [0.2, 0.25) is 0 Å². The number of ether oxygens (including phenoxy) is 2. The summed E-state index contributed by atoms with van der Waals surface area (Å²) in [5.74, 6) is 0.282. The number of aliphatic hydroxyl groups excluding tert-OH is 1. The first kappa shape index (κ1) is 25.7. The van der Waals surface area contributed by atoms with E-state index in [4.69, 9.17) is 15.2 Å². The van der Waals surface area contributed by atoms with Crippen LogP contribution in [0, 0.1) is 5.82 Å². The standard InChI is InChI=1S/C29H28FN3O5/c1-28(36,10-9-22(35)19-12-18-4-3-11-32-25(18)23(13-19)37-2)24-14-21-27(38-16-29(21,31)15-34)26(33-24)17-5-7-20(30)8-6-17/h3-8,11-14,34,36H,9-10,15-16,31H2,1-2H3/t28-,29?/m1/s1. The summed E-state index contributed by atoms with van der Waals surface area (Å²) in [5, 5.41) is 22.2. The fourth-order valence-corrected chi connectivity index (χ4v) is 4.64. The number of rotatable bonds is 8. The largest absolute Gasteiger partial charge is 0.494 e. The molecule has 2 aromatic carbocycles. The molecule has 1 aliphatic heterocycles. The molecule has 1 unspecified atom stereocenters. The van der Waals surface area contributed by atoms with Crippen molar-refractivity contribution in [1.82, 2.24) is 9.97 Å². The van der Waals surface area contributed by atoms with Crippen molar-refractivity contribution in [1.29, 1.82) is 0 Å². The summed E-state index contributed by atoms with van der Waals surface area (Å²) < 4.78 is 24.8. The van der Waals surface area contributed by atoms with Crippen LogP contribution in [0.1, 0.15) is 41.4 Å². The number of carbonyl (C=O) groups is 1. The number of benzene rings is 2. The minimum atomic E-state index is -1.53. The maximum Gasteiger partial charge on any atom is 0.163 e. The number of aliphatic hydroxyl groups is 2. The Bertz CT molecular complexity index is 1520. The van der Waals surface area contributed by atoms with Crippen LogP contribution in [0.15, 0.2) is 60.8 Å². The Labute approximate surface area is 218 Å². The average Bonchev–Trinajstić information content (AvgIpc) is 3.28. The first-order valence-electron chi connectivity index (χ1n) is 12.2. The van der Waals surface area contributed by atoms with E-state index in [-0.39, 0.29) is 37.5 Å². The third kappa shape index (κ3) is 4.60. The van der Waals surface area contributed by atoms with Gasteiger partial charge in [0, 0.05) is 34.7 Å². The number of Topliss-reactive ketones (excluding diaryl/α,β-unsaturated/α-hetero) is 1. The second kappa shape index (κ2) is 9.75. The van der Waals surface area contributed by atoms with Crippen LogP contribution < -0.4 is 15.2 Å². The molecule has 0 radical (unpaired) electrons. The van der Waals surface area contributed by atoms with Crippen LogP contribution in [-0.2, 0) is 11.1 Å². The highest BCUT2D eigenvalue weighted by molar-refractivity contribution is 6.01. The lowest BCUT2D eigenvalue weighted by atomic mass is 9.87. The van der Waals surface area contributed by atoms with Gasteiger partial charge in [-0.15, -0.1) is 0 Å². The Hall–Kier alpha value is -3.92. The first-order valence-corrected chi connectivity index (χ1v) is 12.2. The lowest BCUT2D eigenvalue weighted by molar-refractivity contribution is 0.0396. The smallest absolute Gasteiger partial charge is 0.163 e. The molecule has 0 saturated carbocycles. The van der Waals surface area contributed by atoms with E-state index in [1.54, 1.807) is 49.5 Å². The number of nitrogens with two attached hydrogens (primary N) is 1. The average molecular weight is 518 g/mol. The topological polar surface area (TPSA) is 128 Å². The van der Waals surface area contributed by atoms with Gasteiger partial charge in [-0.2, -0.15) is 0 Å². The number of carbonyl (C=O) groups excluding carboxylic acids is 1. The van der Waals surface area contributed by atoms with Gasteiger partial charge in [0.2, 0.25) is 0 Å². The summed E-state index contributed by atoms with van der Waals surface area (Å²) in [6, 6.07) is 14.4. The van der Waals surface area contributed by atoms with E-state index in [2.05, 4.69) is 9.97 Å². The number of pyridine rings is 2. The highest BCUT2D eigenvalue weighted by Crippen LogP contribution is 2.44. The van der Waals surface area contributed by atoms with Crippen molar-refractivity contribution in [3.8, 4) is 22.8 Å². The lowest BCUT2D eigenvalue weighted by Gasteiger charge is -2.26. The Balaban J connectivity index is 1.47. The predicted molar refractivity (Wildman–Crippen MR) is 140 cm³/mol. The number of halogens is 1. The van der Waals surface area contributed by atoms with E-state index >= 15 is 0 Å². The van der Waals surface area contributed by atoms with E-state index in [0.29, 0.717) is 39.4 Å². The van der Waals surface area contributed by atoms with Crippen molar-refractivity contribution >= 4 is 16.7 Å². The van der Waals surface area contributed by atoms with Crippen molar-refractivity contribution in [2.75, 3.05) is 20.3 Å². The quantitative estimate of drug-likeness (QED) is 0.301. The van der Waals surface area contributed by atoms with Gasteiger partial charge in [-0.05, 0) is 61.9 Å². The molecule has 0 saturated heterocycles. The van der Waals surface area contributed by atoms with Gasteiger partial charge in [-0.25, -0.2) is 9.37 Å². The van der Waals surface area contributed by atoms with Gasteiger partial charge in [0.15, 0.2) is 11.5 Å². The molecule has 0 aliphatic carbocycles. The van der Waals surface area contributed by atoms with Gasteiger partial charge in [-0.1, -0.05) is 6.07 Å². The fourth-order valence-electron chi connectivity index (χ4n) is 4.64. The molecular formula is C29H28FN3O5. The summed E-state index contributed by atoms with van der Waals surface area (Å²) in [4.78, 5) is 22.2. The summed E-state index contributed by atoms with van der Waals surface area (Å²) in [6.45, 7) is 1.21. The number of nitrogens with zero attached hydrogens (tertiary/aromatic N) is 2. The summed E-state index contributed by atoms with van der Waals surface area (Å²) in [7, 11) is 1.52. The zero-order chi connectivity index (χ0) is 27.1. The SMILES string of the molecule is COc1cc(C(=O)CC[C@@](C)(O)c2cc3c(c(-c4ccc(F)cc4)n2)OCC3(N)CO)cc2cccnc12. The van der Waals surface area contributed by atoms with Gasteiger partial charge < -0.3 is 25.4 Å². The van der Waals surface area contributed by atoms with Crippen molar-refractivity contribution < 1.29 is 28.9 Å². The first-order chi connectivity index (χ1) is 18.1. The van der Waals surface area contributed by atoms with Gasteiger partial charge in [0.05, 0.1) is 19.4 Å². The Morgan fingerprint density at radius 3 is 2.71 bits per heavy atom. The molecule has 38 heavy (non-hydrogen) atoms. The lowest BCUT2D eigenvalue weighted by Crippen LogP contribution is -2.42. The number of ketones is 1. The molecule has 3 heterocycles. The molecule has 196 valence electrons. The van der Waals surface area contributed by atoms with Crippen molar-refractivity contribution in [3.05, 3.63) is 83.4 Å². The molecule has 1 aliphatic rings. The maximum absolute atomic E-state index is 13.6. The monoisotopic (exact) mass is 517 g/mol. The number of methoxy groups -OCH3 is 1. The molecule has 4 aromatic rings. The van der Waals surface area contributed by atoms with Gasteiger partial charge >= 0.3 is 0 Å². The number of fused-ring (bicyclic) bond motifs is 2. The number of hydrogen-bond donors (Lipinski definition) is 3. The maximum atomic E-state index is 13.6. The molecule has 2 atom stereocenters. The number of hydrogen-bond acceptors (Lipinski definition) is 8. The summed E-state index contributed by atoms with van der Waals surface area (Å²) >= 11 is 0. The van der Waals surface area contributed by atoms with Crippen LogP contribution in [0.4, 0.5) is 4.39 Å². The summed E-state index contributed by atoms with van der Waals surface area (Å²) in [5.41, 5.74) is 6.48. The van der Waals surface area contributed by atoms with Gasteiger partial charge in [-0.3, -0.25) is 9.78 Å². The van der Waals surface area contributed by atoms with Crippen LogP contribution in [0.25, 0.3) is 22.2 Å². The highest BCUT2D eigenvalue weighted by atomic mass is 19.1. The van der Waals surface area contributed by atoms with Crippen LogP contribution in [-0.4, -0.2) is 46.3 Å². The molecule has 0 fully saturated rings. The van der Waals surface area contributed by atoms with E-state index in [1.165, 1.54) is 19.2 Å². The van der Waals surface area contributed by atoms with E-state index in [1.807, 2.05) is 6.07 Å². The van der Waals surface area contributed by atoms with E-state index in [9.17, 15) is 19.4 Å². The van der Waals surface area contributed by atoms with E-state index in [0.717, 1.165) is 5.39 Å². The Morgan fingerprint density at radius 1 is 1.24 bits per heavy atom. The van der Waals surface area contributed by atoms with Crippen LogP contribution >= 0.6 is 0 Å². The van der Waals surface area contributed by atoms with E-state index < -0.39 is 17.0 Å². The minimum Gasteiger partial charge on any atom is -0.494 e. The normalized spacial score (nSPS) is 18.1. The fraction of sp³-hybridized carbons (Fsp3) is 0.276. The molecule has 8 nitrogen and oxygen atoms in total. The molecule has 9 heteroatoms. The van der Waals surface area contributed by atoms with Crippen LogP contribution in [0.3, 0.4) is 0 Å². The summed E-state index contributed by atoms with van der Waals surface area (Å²) in [6.07, 6.45) is 1.74. The van der Waals surface area contributed by atoms with Gasteiger partial charge in [0.25, 0.3) is 0 Å².